The molecular formula is C25H20F3IO3S. The van der Waals surface area contributed by atoms with E-state index in [0.29, 0.717) is 22.6 Å². The number of alkyl halides is 3. The van der Waals surface area contributed by atoms with Crippen LogP contribution < -0.4 is 4.74 Å². The van der Waals surface area contributed by atoms with Crippen molar-refractivity contribution in [2.24, 2.45) is 0 Å². The Kier molecular flexibility index (Phi) is 9.25. The van der Waals surface area contributed by atoms with Crippen molar-refractivity contribution < 1.29 is 27.8 Å². The second kappa shape index (κ2) is 12.1. The Morgan fingerprint density at radius 1 is 1.03 bits per heavy atom. The number of aliphatic carboxylic acids is 1. The summed E-state index contributed by atoms with van der Waals surface area (Å²) in [5.41, 5.74) is 1.88. The molecular weight excluding hydrogens is 564 g/mol. The molecule has 0 aliphatic heterocycles. The van der Waals surface area contributed by atoms with Crippen molar-refractivity contribution in [2.45, 2.75) is 17.5 Å². The van der Waals surface area contributed by atoms with Crippen LogP contribution in [0.15, 0.2) is 83.8 Å². The minimum absolute atomic E-state index is 0.0397. The van der Waals surface area contributed by atoms with E-state index in [1.165, 1.54) is 17.8 Å². The fraction of sp³-hybridized carbons (Fsp3) is 0.160. The molecule has 0 aromatic heterocycles. The van der Waals surface area contributed by atoms with Crippen molar-refractivity contribution in [1.82, 2.24) is 0 Å². The summed E-state index contributed by atoms with van der Waals surface area (Å²) in [7, 11) is 0. The number of hydrogen-bond acceptors (Lipinski definition) is 3. The van der Waals surface area contributed by atoms with E-state index < -0.39 is 25.2 Å². The van der Waals surface area contributed by atoms with Gasteiger partial charge in [-0.3, -0.25) is 0 Å². The first-order valence-electron chi connectivity index (χ1n) is 9.91. The van der Waals surface area contributed by atoms with Crippen LogP contribution in [0, 0.1) is 3.57 Å². The van der Waals surface area contributed by atoms with E-state index in [9.17, 15) is 18.0 Å². The average Bonchev–Trinajstić information content (AvgIpc) is 2.81. The fourth-order valence-corrected chi connectivity index (χ4v) is 4.91. The van der Waals surface area contributed by atoms with Gasteiger partial charge in [-0.25, -0.2) is 18.0 Å². The first-order valence-corrected chi connectivity index (χ1v) is 12.0. The van der Waals surface area contributed by atoms with E-state index >= 15 is 0 Å². The first kappa shape index (κ1) is 25.2. The van der Waals surface area contributed by atoms with Gasteiger partial charge in [-0.15, -0.1) is 11.8 Å². The monoisotopic (exact) mass is 584 g/mol. The number of carbonyl (C=O) groups is 1. The van der Waals surface area contributed by atoms with Gasteiger partial charge in [0, 0.05) is 14.2 Å². The smallest absolute Gasteiger partial charge is 0.341 e. The molecule has 0 saturated carbocycles. The van der Waals surface area contributed by atoms with Gasteiger partial charge in [0.1, 0.15) is 5.75 Å². The molecule has 0 bridgehead atoms. The van der Waals surface area contributed by atoms with Gasteiger partial charge < -0.3 is 9.84 Å². The average molecular weight is 584 g/mol. The van der Waals surface area contributed by atoms with E-state index in [2.05, 4.69) is 22.6 Å². The molecule has 0 saturated heterocycles. The Morgan fingerprint density at radius 3 is 2.39 bits per heavy atom. The third kappa shape index (κ3) is 7.01. The summed E-state index contributed by atoms with van der Waals surface area (Å²) in [5.74, 6) is -0.0820. The maximum Gasteiger partial charge on any atom is 0.341 e. The minimum atomic E-state index is -3.11. The number of carboxylic acids is 1. The highest BCUT2D eigenvalue weighted by molar-refractivity contribution is 14.1. The lowest BCUT2D eigenvalue weighted by Gasteiger charge is -2.16. The normalized spacial score (nSPS) is 12.6. The predicted octanol–water partition coefficient (Wildman–Crippen LogP) is 7.25. The lowest BCUT2D eigenvalue weighted by molar-refractivity contribution is -0.139. The van der Waals surface area contributed by atoms with E-state index in [1.54, 1.807) is 30.3 Å². The highest BCUT2D eigenvalue weighted by Gasteiger charge is 2.25. The molecule has 8 heteroatoms. The second-order valence-corrected chi connectivity index (χ2v) is 9.12. The largest absolute Gasteiger partial charge is 0.482 e. The van der Waals surface area contributed by atoms with Crippen LogP contribution in [0.5, 0.6) is 5.75 Å². The molecule has 3 nitrogen and oxygen atoms in total. The number of rotatable bonds is 10. The third-order valence-corrected chi connectivity index (χ3v) is 6.90. The SMILES string of the molecule is O=C(O)COc1ccc(SCC=C(c2ccccc2)c2ccccc2C(F)C(F)F)c(I)c1. The maximum absolute atomic E-state index is 14.4. The molecule has 0 spiro atoms. The number of hydrogen-bond donors (Lipinski definition) is 1. The van der Waals surface area contributed by atoms with Crippen LogP contribution >= 0.6 is 34.4 Å². The Balaban J connectivity index is 1.87. The molecule has 3 aromatic carbocycles. The van der Waals surface area contributed by atoms with Crippen LogP contribution in [-0.4, -0.2) is 29.9 Å². The molecule has 0 amide bonds. The molecule has 0 aliphatic carbocycles. The Bertz CT molecular complexity index is 1120. The van der Waals surface area contributed by atoms with Crippen molar-refractivity contribution >= 4 is 45.9 Å². The topological polar surface area (TPSA) is 46.5 Å². The molecule has 172 valence electrons. The van der Waals surface area contributed by atoms with Gasteiger partial charge in [-0.1, -0.05) is 60.7 Å². The van der Waals surface area contributed by atoms with Crippen molar-refractivity contribution in [2.75, 3.05) is 12.4 Å². The second-order valence-electron chi connectivity index (χ2n) is 6.89. The van der Waals surface area contributed by atoms with Crippen LogP contribution in [0.3, 0.4) is 0 Å². The summed E-state index contributed by atoms with van der Waals surface area (Å²) in [6, 6.07) is 20.9. The molecule has 1 atom stereocenters. The molecule has 3 aromatic rings. The summed E-state index contributed by atoms with van der Waals surface area (Å²) in [6.45, 7) is -0.417. The van der Waals surface area contributed by atoms with Gasteiger partial charge in [-0.2, -0.15) is 0 Å². The molecule has 1 unspecified atom stereocenters. The summed E-state index contributed by atoms with van der Waals surface area (Å²) < 4.78 is 46.8. The molecule has 0 heterocycles. The van der Waals surface area contributed by atoms with Crippen LogP contribution in [0.25, 0.3) is 5.57 Å². The number of halogens is 4. The van der Waals surface area contributed by atoms with Crippen molar-refractivity contribution in [3.05, 3.63) is 99.1 Å². The van der Waals surface area contributed by atoms with Crippen LogP contribution in [-0.2, 0) is 4.79 Å². The highest BCUT2D eigenvalue weighted by atomic mass is 127. The lowest BCUT2D eigenvalue weighted by atomic mass is 9.92. The lowest BCUT2D eigenvalue weighted by Crippen LogP contribution is -2.09. The summed E-state index contributed by atoms with van der Waals surface area (Å²) in [5, 5.41) is 8.74. The van der Waals surface area contributed by atoms with Crippen LogP contribution in [0.2, 0.25) is 0 Å². The van der Waals surface area contributed by atoms with Gasteiger partial charge in [0.05, 0.1) is 0 Å². The Labute approximate surface area is 207 Å². The number of thioether (sulfide) groups is 1. The van der Waals surface area contributed by atoms with Gasteiger partial charge >= 0.3 is 5.97 Å². The zero-order chi connectivity index (χ0) is 23.8. The van der Waals surface area contributed by atoms with E-state index in [0.717, 1.165) is 14.0 Å². The number of ether oxygens (including phenoxy) is 1. The Morgan fingerprint density at radius 2 is 1.73 bits per heavy atom. The third-order valence-electron chi connectivity index (χ3n) is 4.65. The Hall–Kier alpha value is -2.46. The molecule has 1 N–H and O–H groups in total. The van der Waals surface area contributed by atoms with Crippen LogP contribution in [0.1, 0.15) is 22.9 Å². The summed E-state index contributed by atoms with van der Waals surface area (Å²) in [6.07, 6.45) is -3.58. The molecule has 0 aliphatic rings. The zero-order valence-electron chi connectivity index (χ0n) is 17.3. The van der Waals surface area contributed by atoms with Crippen LogP contribution in [0.4, 0.5) is 13.2 Å². The van der Waals surface area contributed by atoms with E-state index in [-0.39, 0.29) is 5.56 Å². The van der Waals surface area contributed by atoms with E-state index in [1.807, 2.05) is 42.5 Å². The van der Waals surface area contributed by atoms with Gasteiger partial charge in [0.2, 0.25) is 0 Å². The van der Waals surface area contributed by atoms with Crippen molar-refractivity contribution in [1.29, 1.82) is 0 Å². The number of benzene rings is 3. The summed E-state index contributed by atoms with van der Waals surface area (Å²) in [4.78, 5) is 11.6. The minimum Gasteiger partial charge on any atom is -0.482 e. The van der Waals surface area contributed by atoms with Gasteiger partial charge in [0.15, 0.2) is 12.8 Å². The maximum atomic E-state index is 14.4. The zero-order valence-corrected chi connectivity index (χ0v) is 20.2. The van der Waals surface area contributed by atoms with Gasteiger partial charge in [0.25, 0.3) is 6.43 Å². The van der Waals surface area contributed by atoms with Gasteiger partial charge in [-0.05, 0) is 63.1 Å². The molecule has 3 rings (SSSR count). The van der Waals surface area contributed by atoms with Crippen molar-refractivity contribution in [3.8, 4) is 5.75 Å². The highest BCUT2D eigenvalue weighted by Crippen LogP contribution is 2.35. The number of carboxylic acid groups (broad SMARTS) is 1. The summed E-state index contributed by atoms with van der Waals surface area (Å²) >= 11 is 3.66. The quantitative estimate of drug-likeness (QED) is 0.202. The standard InChI is InChI=1S/C25H20F3IO3S/c26-24(25(27)28)20-9-5-4-8-19(20)18(16-6-2-1-3-7-16)12-13-33-22-11-10-17(14-21(22)29)32-15-23(30)31/h1-12,14,24-25H,13,15H2,(H,30,31). The first-order chi connectivity index (χ1) is 15.9. The van der Waals surface area contributed by atoms with E-state index in [4.69, 9.17) is 9.84 Å². The molecule has 33 heavy (non-hydrogen) atoms. The molecule has 0 fully saturated rings. The fourth-order valence-electron chi connectivity index (χ4n) is 3.17. The predicted molar refractivity (Wildman–Crippen MR) is 133 cm³/mol. The van der Waals surface area contributed by atoms with Crippen molar-refractivity contribution in [3.63, 3.8) is 0 Å². The molecule has 0 radical (unpaired) electrons.